The number of nitriles is 1. The summed E-state index contributed by atoms with van der Waals surface area (Å²) in [6, 6.07) is 3.84. The van der Waals surface area contributed by atoms with Gasteiger partial charge in [-0.05, 0) is 46.2 Å². The van der Waals surface area contributed by atoms with E-state index in [0.29, 0.717) is 6.04 Å². The Morgan fingerprint density at radius 2 is 1.88 bits per heavy atom. The van der Waals surface area contributed by atoms with Crippen LogP contribution in [0.15, 0.2) is 0 Å². The van der Waals surface area contributed by atoms with Gasteiger partial charge in [0, 0.05) is 12.1 Å². The zero-order chi connectivity index (χ0) is 12.3. The summed E-state index contributed by atoms with van der Waals surface area (Å²) in [6.45, 7) is 0. The highest BCUT2D eigenvalue weighted by molar-refractivity contribution is 5.13. The normalized spacial score (nSPS) is 35.1. The Labute approximate surface area is 105 Å². The number of hydrogen-bond donors (Lipinski definition) is 1. The third-order valence-corrected chi connectivity index (χ3v) is 4.91. The molecular weight excluding hydrogens is 210 g/mol. The van der Waals surface area contributed by atoms with Crippen LogP contribution in [0.1, 0.15) is 51.4 Å². The Balaban J connectivity index is 1.93. The van der Waals surface area contributed by atoms with Crippen LogP contribution < -0.4 is 5.32 Å². The molecule has 17 heavy (non-hydrogen) atoms. The zero-order valence-electron chi connectivity index (χ0n) is 11.2. The maximum atomic E-state index is 9.30. The third kappa shape index (κ3) is 2.64. The molecule has 2 rings (SSSR count). The van der Waals surface area contributed by atoms with Gasteiger partial charge in [-0.25, -0.2) is 0 Å². The van der Waals surface area contributed by atoms with Gasteiger partial charge in [0.1, 0.15) is 5.54 Å². The fraction of sp³-hybridized carbons (Fsp3) is 0.929. The highest BCUT2D eigenvalue weighted by Gasteiger charge is 2.41. The first-order chi connectivity index (χ1) is 8.21. The summed E-state index contributed by atoms with van der Waals surface area (Å²) >= 11 is 0. The van der Waals surface area contributed by atoms with Crippen LogP contribution in [0.5, 0.6) is 0 Å². The molecule has 0 aromatic rings. The molecular formula is C14H25N3. The third-order valence-electron chi connectivity index (χ3n) is 4.91. The van der Waals surface area contributed by atoms with E-state index in [0.717, 1.165) is 18.9 Å². The summed E-state index contributed by atoms with van der Waals surface area (Å²) in [7, 11) is 4.19. The molecule has 2 aliphatic rings. The Hall–Kier alpha value is -0.590. The van der Waals surface area contributed by atoms with Gasteiger partial charge in [0.15, 0.2) is 0 Å². The fourth-order valence-corrected chi connectivity index (χ4v) is 3.54. The standard InChI is InChI=1S/C14H25N3/c1-16-14(11-15)9-8-13(10-14)17(2)12-6-4-3-5-7-12/h12-13,16H,3-10H2,1-2H3. The zero-order valence-corrected chi connectivity index (χ0v) is 11.2. The SMILES string of the molecule is CNC1(C#N)CCC(N(C)C2CCCCC2)C1. The molecule has 2 aliphatic carbocycles. The second kappa shape index (κ2) is 5.37. The second-order valence-electron chi connectivity index (χ2n) is 5.80. The van der Waals surface area contributed by atoms with Crippen LogP contribution in [-0.2, 0) is 0 Å². The summed E-state index contributed by atoms with van der Waals surface area (Å²) < 4.78 is 0. The van der Waals surface area contributed by atoms with Crippen LogP contribution in [0.4, 0.5) is 0 Å². The molecule has 2 atom stereocenters. The highest BCUT2D eigenvalue weighted by atomic mass is 15.2. The molecule has 0 amide bonds. The molecule has 0 spiro atoms. The topological polar surface area (TPSA) is 39.1 Å². The van der Waals surface area contributed by atoms with Crippen molar-refractivity contribution in [3.8, 4) is 6.07 Å². The molecule has 0 heterocycles. The van der Waals surface area contributed by atoms with Gasteiger partial charge in [-0.1, -0.05) is 19.3 Å². The lowest BCUT2D eigenvalue weighted by Crippen LogP contribution is -2.44. The van der Waals surface area contributed by atoms with Crippen molar-refractivity contribution < 1.29 is 0 Å². The quantitative estimate of drug-likeness (QED) is 0.815. The first-order valence-corrected chi connectivity index (χ1v) is 7.03. The molecule has 3 heteroatoms. The highest BCUT2D eigenvalue weighted by Crippen LogP contribution is 2.34. The summed E-state index contributed by atoms with van der Waals surface area (Å²) in [6.07, 6.45) is 10.1. The van der Waals surface area contributed by atoms with E-state index >= 15 is 0 Å². The van der Waals surface area contributed by atoms with Crippen LogP contribution in [0.2, 0.25) is 0 Å². The van der Waals surface area contributed by atoms with Crippen molar-refractivity contribution in [2.45, 2.75) is 69.0 Å². The Kier molecular flexibility index (Phi) is 4.06. The number of nitrogens with one attached hydrogen (secondary N) is 1. The Bertz CT molecular complexity index is 290. The molecule has 2 unspecified atom stereocenters. The van der Waals surface area contributed by atoms with Gasteiger partial charge >= 0.3 is 0 Å². The molecule has 0 aliphatic heterocycles. The molecule has 2 fully saturated rings. The van der Waals surface area contributed by atoms with Gasteiger partial charge in [-0.15, -0.1) is 0 Å². The smallest absolute Gasteiger partial charge is 0.108 e. The molecule has 0 aromatic heterocycles. The summed E-state index contributed by atoms with van der Waals surface area (Å²) in [5.74, 6) is 0. The lowest BCUT2D eigenvalue weighted by molar-refractivity contribution is 0.136. The molecule has 1 N–H and O–H groups in total. The van der Waals surface area contributed by atoms with E-state index in [2.05, 4.69) is 23.3 Å². The lowest BCUT2D eigenvalue weighted by atomic mass is 9.93. The van der Waals surface area contributed by atoms with Crippen LogP contribution in [0.3, 0.4) is 0 Å². The second-order valence-corrected chi connectivity index (χ2v) is 5.80. The number of hydrogen-bond acceptors (Lipinski definition) is 3. The van der Waals surface area contributed by atoms with Crippen molar-refractivity contribution in [3.05, 3.63) is 0 Å². The Morgan fingerprint density at radius 3 is 2.41 bits per heavy atom. The predicted octanol–water partition coefficient (Wildman–Crippen LogP) is 2.29. The van der Waals surface area contributed by atoms with Crippen LogP contribution in [0, 0.1) is 11.3 Å². The minimum atomic E-state index is -0.256. The van der Waals surface area contributed by atoms with Crippen LogP contribution in [0.25, 0.3) is 0 Å². The van der Waals surface area contributed by atoms with Gasteiger partial charge in [-0.3, -0.25) is 0 Å². The van der Waals surface area contributed by atoms with E-state index in [4.69, 9.17) is 0 Å². The average Bonchev–Trinajstić information content (AvgIpc) is 2.84. The van der Waals surface area contributed by atoms with Gasteiger partial charge in [0.25, 0.3) is 0 Å². The summed E-state index contributed by atoms with van der Waals surface area (Å²) in [5, 5.41) is 12.5. The van der Waals surface area contributed by atoms with Crippen molar-refractivity contribution in [2.24, 2.45) is 0 Å². The van der Waals surface area contributed by atoms with E-state index in [1.807, 2.05) is 7.05 Å². The van der Waals surface area contributed by atoms with E-state index in [-0.39, 0.29) is 5.54 Å². The maximum absolute atomic E-state index is 9.30. The maximum Gasteiger partial charge on any atom is 0.108 e. The first kappa shape index (κ1) is 12.9. The van der Waals surface area contributed by atoms with Gasteiger partial charge < -0.3 is 10.2 Å². The van der Waals surface area contributed by atoms with Gasteiger partial charge in [0.2, 0.25) is 0 Å². The molecule has 3 nitrogen and oxygen atoms in total. The number of rotatable bonds is 3. The molecule has 0 saturated heterocycles. The van der Waals surface area contributed by atoms with Crippen molar-refractivity contribution in [1.82, 2.24) is 10.2 Å². The average molecular weight is 235 g/mol. The van der Waals surface area contributed by atoms with Crippen LogP contribution in [-0.4, -0.2) is 36.6 Å². The first-order valence-electron chi connectivity index (χ1n) is 7.03. The summed E-state index contributed by atoms with van der Waals surface area (Å²) in [4.78, 5) is 2.57. The molecule has 2 saturated carbocycles. The van der Waals surface area contributed by atoms with E-state index in [1.54, 1.807) is 0 Å². The minimum absolute atomic E-state index is 0.256. The largest absolute Gasteiger partial charge is 0.302 e. The van der Waals surface area contributed by atoms with Crippen molar-refractivity contribution in [3.63, 3.8) is 0 Å². The minimum Gasteiger partial charge on any atom is -0.302 e. The van der Waals surface area contributed by atoms with Gasteiger partial charge in [-0.2, -0.15) is 5.26 Å². The van der Waals surface area contributed by atoms with E-state index in [9.17, 15) is 5.26 Å². The molecule has 0 aromatic carbocycles. The van der Waals surface area contributed by atoms with Crippen molar-refractivity contribution in [2.75, 3.05) is 14.1 Å². The Morgan fingerprint density at radius 1 is 1.18 bits per heavy atom. The summed E-state index contributed by atoms with van der Waals surface area (Å²) in [5.41, 5.74) is -0.256. The monoisotopic (exact) mass is 235 g/mol. The fourth-order valence-electron chi connectivity index (χ4n) is 3.54. The number of nitrogens with zero attached hydrogens (tertiary/aromatic N) is 2. The lowest BCUT2D eigenvalue weighted by Gasteiger charge is -2.36. The molecule has 0 bridgehead atoms. The molecule has 96 valence electrons. The van der Waals surface area contributed by atoms with Crippen molar-refractivity contribution >= 4 is 0 Å². The van der Waals surface area contributed by atoms with E-state index in [1.165, 1.54) is 38.5 Å². The van der Waals surface area contributed by atoms with Gasteiger partial charge in [0.05, 0.1) is 6.07 Å². The predicted molar refractivity (Wildman–Crippen MR) is 69.7 cm³/mol. The van der Waals surface area contributed by atoms with Crippen molar-refractivity contribution in [1.29, 1.82) is 5.26 Å². The van der Waals surface area contributed by atoms with Crippen LogP contribution >= 0.6 is 0 Å². The molecule has 0 radical (unpaired) electrons. The van der Waals surface area contributed by atoms with E-state index < -0.39 is 0 Å².